The Hall–Kier alpha value is -2.97. The number of halogens is 1. The van der Waals surface area contributed by atoms with Gasteiger partial charge in [0.1, 0.15) is 17.9 Å². The lowest BCUT2D eigenvalue weighted by Crippen LogP contribution is -2.54. The highest BCUT2D eigenvalue weighted by molar-refractivity contribution is 5.91. The standard InChI is InChI=1S/C19H26FN3O5/c1-4-28-19(27)11(2)8-15(17(21)25)23-18(26)16(22-12(3)24)10-13-6-5-7-14(20)9-13/h5-7,9,11,15-16H,4,8,10H2,1-3H3,(H2,21,25)(H,22,24)(H,23,26)/t11-,15-,16-/m1/s1. The molecule has 0 unspecified atom stereocenters. The zero-order valence-corrected chi connectivity index (χ0v) is 16.2. The Morgan fingerprint density at radius 1 is 1.18 bits per heavy atom. The van der Waals surface area contributed by atoms with Gasteiger partial charge in [0.2, 0.25) is 17.7 Å². The molecule has 0 heterocycles. The minimum absolute atomic E-state index is 0.0160. The number of primary amides is 1. The van der Waals surface area contributed by atoms with Crippen LogP contribution in [0.25, 0.3) is 0 Å². The van der Waals surface area contributed by atoms with Gasteiger partial charge in [-0.1, -0.05) is 19.1 Å². The predicted molar refractivity (Wildman–Crippen MR) is 99.2 cm³/mol. The molecule has 0 fully saturated rings. The number of amides is 3. The van der Waals surface area contributed by atoms with Crippen LogP contribution in [0.3, 0.4) is 0 Å². The van der Waals surface area contributed by atoms with Crippen molar-refractivity contribution in [3.63, 3.8) is 0 Å². The third-order valence-electron chi connectivity index (χ3n) is 3.96. The fraction of sp³-hybridized carbons (Fsp3) is 0.474. The normalized spacial score (nSPS) is 13.7. The number of hydrogen-bond donors (Lipinski definition) is 3. The second-order valence-electron chi connectivity index (χ2n) is 6.44. The molecule has 1 aromatic rings. The van der Waals surface area contributed by atoms with Crippen molar-refractivity contribution in [3.8, 4) is 0 Å². The average Bonchev–Trinajstić information content (AvgIpc) is 2.60. The van der Waals surface area contributed by atoms with Crippen LogP contribution in [-0.4, -0.2) is 42.4 Å². The predicted octanol–water partition coefficient (Wildman–Crippen LogP) is 0.432. The van der Waals surface area contributed by atoms with Crippen LogP contribution in [-0.2, 0) is 30.3 Å². The van der Waals surface area contributed by atoms with Crippen molar-refractivity contribution in [2.45, 2.75) is 45.7 Å². The highest BCUT2D eigenvalue weighted by Crippen LogP contribution is 2.11. The molecule has 4 N–H and O–H groups in total. The van der Waals surface area contributed by atoms with Gasteiger partial charge in [0.25, 0.3) is 0 Å². The van der Waals surface area contributed by atoms with Crippen LogP contribution in [0.2, 0.25) is 0 Å². The van der Waals surface area contributed by atoms with Gasteiger partial charge in [-0.25, -0.2) is 4.39 Å². The molecule has 3 atom stereocenters. The first-order chi connectivity index (χ1) is 13.1. The Morgan fingerprint density at radius 3 is 2.39 bits per heavy atom. The third-order valence-corrected chi connectivity index (χ3v) is 3.96. The summed E-state index contributed by atoms with van der Waals surface area (Å²) in [5, 5.41) is 4.93. The number of carbonyl (C=O) groups excluding carboxylic acids is 4. The second-order valence-corrected chi connectivity index (χ2v) is 6.44. The van der Waals surface area contributed by atoms with Gasteiger partial charge >= 0.3 is 5.97 Å². The van der Waals surface area contributed by atoms with Crippen LogP contribution in [0.4, 0.5) is 4.39 Å². The summed E-state index contributed by atoms with van der Waals surface area (Å²) in [6, 6.07) is 3.43. The maximum atomic E-state index is 13.4. The van der Waals surface area contributed by atoms with Crippen LogP contribution in [0.1, 0.15) is 32.8 Å². The summed E-state index contributed by atoms with van der Waals surface area (Å²) in [5.41, 5.74) is 5.83. The van der Waals surface area contributed by atoms with E-state index in [1.807, 2.05) is 0 Å². The van der Waals surface area contributed by atoms with Gasteiger partial charge in [-0.3, -0.25) is 19.2 Å². The van der Waals surface area contributed by atoms with E-state index in [9.17, 15) is 23.6 Å². The van der Waals surface area contributed by atoms with Gasteiger partial charge in [0, 0.05) is 13.3 Å². The number of nitrogens with two attached hydrogens (primary N) is 1. The van der Waals surface area contributed by atoms with E-state index >= 15 is 0 Å². The molecule has 28 heavy (non-hydrogen) atoms. The first-order valence-corrected chi connectivity index (χ1v) is 8.91. The lowest BCUT2D eigenvalue weighted by molar-refractivity contribution is -0.148. The molecule has 9 heteroatoms. The lowest BCUT2D eigenvalue weighted by Gasteiger charge is -2.23. The highest BCUT2D eigenvalue weighted by Gasteiger charge is 2.28. The molecule has 0 aliphatic rings. The quantitative estimate of drug-likeness (QED) is 0.495. The van der Waals surface area contributed by atoms with Gasteiger partial charge in [-0.05, 0) is 31.0 Å². The number of hydrogen-bond acceptors (Lipinski definition) is 5. The second kappa shape index (κ2) is 11.0. The van der Waals surface area contributed by atoms with Crippen LogP contribution < -0.4 is 16.4 Å². The topological polar surface area (TPSA) is 128 Å². The van der Waals surface area contributed by atoms with Crippen molar-refractivity contribution < 1.29 is 28.3 Å². The molecule has 0 bridgehead atoms. The molecule has 1 rings (SSSR count). The molecular weight excluding hydrogens is 369 g/mol. The summed E-state index contributed by atoms with van der Waals surface area (Å²) in [7, 11) is 0. The summed E-state index contributed by atoms with van der Waals surface area (Å²) in [6.45, 7) is 4.63. The molecular formula is C19H26FN3O5. The van der Waals surface area contributed by atoms with E-state index in [4.69, 9.17) is 10.5 Å². The van der Waals surface area contributed by atoms with Gasteiger partial charge in [-0.2, -0.15) is 0 Å². The van der Waals surface area contributed by atoms with Crippen LogP contribution in [0.5, 0.6) is 0 Å². The van der Waals surface area contributed by atoms with Crippen molar-refractivity contribution in [3.05, 3.63) is 35.6 Å². The van der Waals surface area contributed by atoms with Crippen LogP contribution in [0, 0.1) is 11.7 Å². The Morgan fingerprint density at radius 2 is 1.86 bits per heavy atom. The molecule has 0 spiro atoms. The van der Waals surface area contributed by atoms with Gasteiger partial charge in [0.05, 0.1) is 12.5 Å². The molecule has 8 nitrogen and oxygen atoms in total. The summed E-state index contributed by atoms with van der Waals surface area (Å²) in [6.07, 6.45) is -0.0330. The molecule has 0 aliphatic heterocycles. The van der Waals surface area contributed by atoms with E-state index in [-0.39, 0.29) is 19.4 Å². The fourth-order valence-electron chi connectivity index (χ4n) is 2.61. The molecule has 1 aromatic carbocycles. The summed E-state index contributed by atoms with van der Waals surface area (Å²) >= 11 is 0. The summed E-state index contributed by atoms with van der Waals surface area (Å²) < 4.78 is 18.3. The molecule has 154 valence electrons. The van der Waals surface area contributed by atoms with Crippen molar-refractivity contribution in [2.75, 3.05) is 6.61 Å². The maximum absolute atomic E-state index is 13.4. The van der Waals surface area contributed by atoms with E-state index in [0.717, 1.165) is 0 Å². The first kappa shape index (κ1) is 23.1. The Bertz CT molecular complexity index is 725. The lowest BCUT2D eigenvalue weighted by atomic mass is 10.00. The minimum Gasteiger partial charge on any atom is -0.466 e. The molecule has 0 saturated carbocycles. The van der Waals surface area contributed by atoms with Crippen LogP contribution >= 0.6 is 0 Å². The Labute approximate surface area is 163 Å². The number of nitrogens with one attached hydrogen (secondary N) is 2. The minimum atomic E-state index is -1.13. The first-order valence-electron chi connectivity index (χ1n) is 8.91. The number of carbonyl (C=O) groups is 4. The zero-order chi connectivity index (χ0) is 21.3. The Balaban J connectivity index is 2.88. The van der Waals surface area contributed by atoms with E-state index in [1.54, 1.807) is 19.9 Å². The van der Waals surface area contributed by atoms with Crippen molar-refractivity contribution in [2.24, 2.45) is 11.7 Å². The number of rotatable bonds is 10. The van der Waals surface area contributed by atoms with Gasteiger partial charge in [-0.15, -0.1) is 0 Å². The average molecular weight is 395 g/mol. The Kier molecular flexibility index (Phi) is 9.07. The largest absolute Gasteiger partial charge is 0.466 e. The number of benzene rings is 1. The molecule has 0 saturated heterocycles. The molecule has 3 amide bonds. The van der Waals surface area contributed by atoms with Crippen molar-refractivity contribution in [1.82, 2.24) is 10.6 Å². The van der Waals surface area contributed by atoms with E-state index in [0.29, 0.717) is 5.56 Å². The zero-order valence-electron chi connectivity index (χ0n) is 16.2. The SMILES string of the molecule is CCOC(=O)[C@H](C)C[C@@H](NC(=O)[C@@H](Cc1cccc(F)c1)NC(C)=O)C(N)=O. The molecule has 0 radical (unpaired) electrons. The van der Waals surface area contributed by atoms with Crippen molar-refractivity contribution >= 4 is 23.7 Å². The fourth-order valence-corrected chi connectivity index (χ4v) is 2.61. The van der Waals surface area contributed by atoms with Gasteiger partial charge in [0.15, 0.2) is 0 Å². The summed E-state index contributed by atoms with van der Waals surface area (Å²) in [4.78, 5) is 47.5. The molecule has 0 aliphatic carbocycles. The van der Waals surface area contributed by atoms with Gasteiger partial charge < -0.3 is 21.1 Å². The van der Waals surface area contributed by atoms with E-state index in [2.05, 4.69) is 10.6 Å². The third kappa shape index (κ3) is 7.73. The van der Waals surface area contributed by atoms with E-state index < -0.39 is 47.5 Å². The van der Waals surface area contributed by atoms with Crippen LogP contribution in [0.15, 0.2) is 24.3 Å². The maximum Gasteiger partial charge on any atom is 0.308 e. The smallest absolute Gasteiger partial charge is 0.308 e. The number of ether oxygens (including phenoxy) is 1. The molecule has 0 aromatic heterocycles. The van der Waals surface area contributed by atoms with E-state index in [1.165, 1.54) is 25.1 Å². The highest BCUT2D eigenvalue weighted by atomic mass is 19.1. The number of esters is 1. The van der Waals surface area contributed by atoms with Crippen molar-refractivity contribution in [1.29, 1.82) is 0 Å². The summed E-state index contributed by atoms with van der Waals surface area (Å²) in [5.74, 6) is -3.61. The monoisotopic (exact) mass is 395 g/mol.